The van der Waals surface area contributed by atoms with Gasteiger partial charge >= 0.3 is 0 Å². The zero-order valence-electron chi connectivity index (χ0n) is 9.71. The molecule has 0 saturated heterocycles. The van der Waals surface area contributed by atoms with Gasteiger partial charge in [0.1, 0.15) is 0 Å². The highest BCUT2D eigenvalue weighted by Crippen LogP contribution is 2.19. The van der Waals surface area contributed by atoms with E-state index in [-0.39, 0.29) is 6.10 Å². The largest absolute Gasteiger partial charge is 0.393 e. The topological polar surface area (TPSA) is 20.2 Å². The van der Waals surface area contributed by atoms with Crippen molar-refractivity contribution in [2.75, 3.05) is 0 Å². The Kier molecular flexibility index (Phi) is 7.35. The first-order chi connectivity index (χ1) is 6.13. The monoisotopic (exact) mass is 186 g/mol. The molecule has 80 valence electrons. The van der Waals surface area contributed by atoms with Crippen molar-refractivity contribution in [3.8, 4) is 0 Å². The van der Waals surface area contributed by atoms with E-state index in [0.717, 1.165) is 18.8 Å². The van der Waals surface area contributed by atoms with Gasteiger partial charge in [-0.3, -0.25) is 0 Å². The van der Waals surface area contributed by atoms with E-state index in [2.05, 4.69) is 27.7 Å². The molecule has 0 aliphatic rings. The van der Waals surface area contributed by atoms with Gasteiger partial charge < -0.3 is 5.11 Å². The quantitative estimate of drug-likeness (QED) is 0.644. The van der Waals surface area contributed by atoms with E-state index in [1.54, 1.807) is 0 Å². The van der Waals surface area contributed by atoms with Crippen LogP contribution < -0.4 is 0 Å². The van der Waals surface area contributed by atoms with Crippen molar-refractivity contribution in [3.63, 3.8) is 0 Å². The SMILES string of the molecule is CCC(C)CC(O)CC(CC)CC. The summed E-state index contributed by atoms with van der Waals surface area (Å²) < 4.78 is 0. The normalized spacial score (nSPS) is 16.2. The van der Waals surface area contributed by atoms with E-state index in [9.17, 15) is 5.11 Å². The zero-order chi connectivity index (χ0) is 10.3. The Morgan fingerprint density at radius 1 is 0.923 bits per heavy atom. The highest BCUT2D eigenvalue weighted by Gasteiger charge is 2.13. The number of aliphatic hydroxyl groups is 1. The van der Waals surface area contributed by atoms with Gasteiger partial charge in [-0.25, -0.2) is 0 Å². The van der Waals surface area contributed by atoms with Crippen LogP contribution in [0, 0.1) is 11.8 Å². The molecule has 13 heavy (non-hydrogen) atoms. The lowest BCUT2D eigenvalue weighted by molar-refractivity contribution is 0.114. The van der Waals surface area contributed by atoms with Crippen LogP contribution in [0.25, 0.3) is 0 Å². The predicted octanol–water partition coefficient (Wildman–Crippen LogP) is 3.61. The highest BCUT2D eigenvalue weighted by atomic mass is 16.3. The molecule has 0 bridgehead atoms. The fourth-order valence-corrected chi connectivity index (χ4v) is 1.73. The summed E-state index contributed by atoms with van der Waals surface area (Å²) in [7, 11) is 0. The molecule has 1 N–H and O–H groups in total. The van der Waals surface area contributed by atoms with E-state index in [4.69, 9.17) is 0 Å². The number of aliphatic hydroxyl groups excluding tert-OH is 1. The summed E-state index contributed by atoms with van der Waals surface area (Å²) in [6.07, 6.45) is 5.49. The molecule has 0 aliphatic carbocycles. The molecule has 2 unspecified atom stereocenters. The smallest absolute Gasteiger partial charge is 0.0545 e. The maximum Gasteiger partial charge on any atom is 0.0545 e. The van der Waals surface area contributed by atoms with Crippen LogP contribution in [0.15, 0.2) is 0 Å². The molecule has 0 rings (SSSR count). The van der Waals surface area contributed by atoms with Crippen molar-refractivity contribution in [3.05, 3.63) is 0 Å². The molecule has 0 heterocycles. The molecule has 0 aromatic heterocycles. The maximum atomic E-state index is 9.78. The Hall–Kier alpha value is -0.0400. The van der Waals surface area contributed by atoms with Gasteiger partial charge in [0.05, 0.1) is 6.10 Å². The van der Waals surface area contributed by atoms with Crippen molar-refractivity contribution in [1.82, 2.24) is 0 Å². The van der Waals surface area contributed by atoms with E-state index < -0.39 is 0 Å². The first-order valence-electron chi connectivity index (χ1n) is 5.81. The molecule has 0 amide bonds. The summed E-state index contributed by atoms with van der Waals surface area (Å²) in [5, 5.41) is 9.78. The third-order valence-corrected chi connectivity index (χ3v) is 3.13. The van der Waals surface area contributed by atoms with Crippen LogP contribution in [0.2, 0.25) is 0 Å². The minimum absolute atomic E-state index is 0.0696. The number of hydrogen-bond acceptors (Lipinski definition) is 1. The van der Waals surface area contributed by atoms with Crippen molar-refractivity contribution in [2.24, 2.45) is 11.8 Å². The van der Waals surface area contributed by atoms with Crippen molar-refractivity contribution in [1.29, 1.82) is 0 Å². The summed E-state index contributed by atoms with van der Waals surface area (Å²) in [4.78, 5) is 0. The maximum absolute atomic E-state index is 9.78. The minimum atomic E-state index is -0.0696. The summed E-state index contributed by atoms with van der Waals surface area (Å²) in [5.41, 5.74) is 0. The van der Waals surface area contributed by atoms with Gasteiger partial charge in [0.15, 0.2) is 0 Å². The van der Waals surface area contributed by atoms with Gasteiger partial charge in [-0.15, -0.1) is 0 Å². The lowest BCUT2D eigenvalue weighted by atomic mass is 9.91. The summed E-state index contributed by atoms with van der Waals surface area (Å²) in [6.45, 7) is 8.83. The molecule has 0 aromatic carbocycles. The zero-order valence-corrected chi connectivity index (χ0v) is 9.71. The molecule has 0 aliphatic heterocycles. The molecule has 1 heteroatoms. The first-order valence-corrected chi connectivity index (χ1v) is 5.81. The van der Waals surface area contributed by atoms with Gasteiger partial charge in [-0.1, -0.05) is 47.0 Å². The predicted molar refractivity (Wildman–Crippen MR) is 58.8 cm³/mol. The lowest BCUT2D eigenvalue weighted by Gasteiger charge is -2.19. The molecular formula is C12H26O. The van der Waals surface area contributed by atoms with Gasteiger partial charge in [-0.05, 0) is 24.7 Å². The second-order valence-corrected chi connectivity index (χ2v) is 4.32. The first kappa shape index (κ1) is 13.0. The van der Waals surface area contributed by atoms with Crippen LogP contribution in [-0.4, -0.2) is 11.2 Å². The Balaban J connectivity index is 3.65. The van der Waals surface area contributed by atoms with E-state index in [0.29, 0.717) is 5.92 Å². The van der Waals surface area contributed by atoms with Crippen LogP contribution in [0.4, 0.5) is 0 Å². The molecule has 0 saturated carbocycles. The Labute approximate surface area is 83.5 Å². The fourth-order valence-electron chi connectivity index (χ4n) is 1.73. The van der Waals surface area contributed by atoms with Crippen molar-refractivity contribution < 1.29 is 5.11 Å². The Morgan fingerprint density at radius 2 is 1.46 bits per heavy atom. The average Bonchev–Trinajstić information content (AvgIpc) is 2.13. The molecule has 0 aromatic rings. The van der Waals surface area contributed by atoms with E-state index in [1.807, 2.05) is 0 Å². The molecule has 0 spiro atoms. The molecule has 1 nitrogen and oxygen atoms in total. The number of rotatable bonds is 7. The van der Waals surface area contributed by atoms with Gasteiger partial charge in [-0.2, -0.15) is 0 Å². The number of hydrogen-bond donors (Lipinski definition) is 1. The summed E-state index contributed by atoms with van der Waals surface area (Å²) in [5.74, 6) is 1.39. The van der Waals surface area contributed by atoms with Gasteiger partial charge in [0.2, 0.25) is 0 Å². The van der Waals surface area contributed by atoms with Crippen LogP contribution >= 0.6 is 0 Å². The van der Waals surface area contributed by atoms with Crippen LogP contribution in [0.5, 0.6) is 0 Å². The second kappa shape index (κ2) is 7.37. The standard InChI is InChI=1S/C12H26O/c1-5-10(4)8-12(13)9-11(6-2)7-3/h10-13H,5-9H2,1-4H3. The molecule has 2 atom stereocenters. The van der Waals surface area contributed by atoms with Crippen molar-refractivity contribution in [2.45, 2.75) is 65.9 Å². The molecule has 0 fully saturated rings. The molecule has 0 radical (unpaired) electrons. The molecular weight excluding hydrogens is 160 g/mol. The Bertz CT molecular complexity index is 108. The third-order valence-electron chi connectivity index (χ3n) is 3.13. The summed E-state index contributed by atoms with van der Waals surface area (Å²) >= 11 is 0. The van der Waals surface area contributed by atoms with Gasteiger partial charge in [0, 0.05) is 0 Å². The van der Waals surface area contributed by atoms with E-state index >= 15 is 0 Å². The van der Waals surface area contributed by atoms with Gasteiger partial charge in [0.25, 0.3) is 0 Å². The van der Waals surface area contributed by atoms with Crippen molar-refractivity contribution >= 4 is 0 Å². The minimum Gasteiger partial charge on any atom is -0.393 e. The highest BCUT2D eigenvalue weighted by molar-refractivity contribution is 4.65. The van der Waals surface area contributed by atoms with Crippen LogP contribution in [-0.2, 0) is 0 Å². The Morgan fingerprint density at radius 3 is 1.85 bits per heavy atom. The second-order valence-electron chi connectivity index (χ2n) is 4.32. The van der Waals surface area contributed by atoms with Crippen LogP contribution in [0.3, 0.4) is 0 Å². The third kappa shape index (κ3) is 6.09. The fraction of sp³-hybridized carbons (Fsp3) is 1.00. The lowest BCUT2D eigenvalue weighted by Crippen LogP contribution is -2.15. The average molecular weight is 186 g/mol. The van der Waals surface area contributed by atoms with Crippen LogP contribution in [0.1, 0.15) is 59.8 Å². The summed E-state index contributed by atoms with van der Waals surface area (Å²) in [6, 6.07) is 0. The van der Waals surface area contributed by atoms with E-state index in [1.165, 1.54) is 19.3 Å².